The van der Waals surface area contributed by atoms with Crippen molar-refractivity contribution in [3.8, 4) is 0 Å². The summed E-state index contributed by atoms with van der Waals surface area (Å²) in [6, 6.07) is -1.11. The van der Waals surface area contributed by atoms with E-state index in [0.717, 1.165) is 0 Å². The number of rotatable bonds is 6. The molecule has 0 bridgehead atoms. The van der Waals surface area contributed by atoms with Gasteiger partial charge < -0.3 is 19.9 Å². The molecule has 0 saturated carbocycles. The highest BCUT2D eigenvalue weighted by Crippen LogP contribution is 2.20. The molecule has 0 fully saturated rings. The Morgan fingerprint density at radius 2 is 1.26 bits per heavy atom. The molecule has 23 heavy (non-hydrogen) atoms. The van der Waals surface area contributed by atoms with Gasteiger partial charge in [0.15, 0.2) is 5.92 Å². The Balaban J connectivity index is 5.18. The van der Waals surface area contributed by atoms with Gasteiger partial charge in [-0.25, -0.2) is 0 Å². The van der Waals surface area contributed by atoms with Crippen molar-refractivity contribution in [2.24, 2.45) is 11.7 Å². The maximum atomic E-state index is 12.3. The molecule has 2 N–H and O–H groups in total. The Morgan fingerprint density at radius 3 is 1.57 bits per heavy atom. The predicted octanol–water partition coefficient (Wildman–Crippen LogP) is 1.57. The number of hydrogen-bond donors (Lipinski definition) is 1. The summed E-state index contributed by atoms with van der Waals surface area (Å²) in [5.41, 5.74) is 4.17. The molecule has 1 unspecified atom stereocenters. The van der Waals surface area contributed by atoms with E-state index in [1.165, 1.54) is 0 Å². The second-order valence-electron chi connectivity index (χ2n) is 7.21. The zero-order chi connectivity index (χ0) is 18.4. The standard InChI is InChI=1S/C16H29NO6/c1-8-21-14(20)11(17)9-10(12(18)22-15(2,3)4)13(19)23-16(5,6)7/h10-11H,8-9,17H2,1-7H3. The fourth-order valence-electron chi connectivity index (χ4n) is 1.63. The summed E-state index contributed by atoms with van der Waals surface area (Å²) in [6.07, 6.45) is -0.233. The van der Waals surface area contributed by atoms with E-state index in [1.807, 2.05) is 0 Å². The van der Waals surface area contributed by atoms with Crippen LogP contribution in [0.5, 0.6) is 0 Å². The lowest BCUT2D eigenvalue weighted by molar-refractivity contribution is -0.175. The van der Waals surface area contributed by atoms with E-state index in [2.05, 4.69) is 0 Å². The molecule has 7 heteroatoms. The molecule has 0 aliphatic rings. The average Bonchev–Trinajstić information content (AvgIpc) is 2.31. The quantitative estimate of drug-likeness (QED) is 0.447. The van der Waals surface area contributed by atoms with Crippen LogP contribution in [0.25, 0.3) is 0 Å². The number of esters is 3. The summed E-state index contributed by atoms with van der Waals surface area (Å²) in [5, 5.41) is 0. The van der Waals surface area contributed by atoms with Gasteiger partial charge in [-0.2, -0.15) is 0 Å². The van der Waals surface area contributed by atoms with Crippen LogP contribution in [0.1, 0.15) is 54.9 Å². The number of carbonyl (C=O) groups excluding carboxylic acids is 3. The van der Waals surface area contributed by atoms with Crippen molar-refractivity contribution in [3.63, 3.8) is 0 Å². The van der Waals surface area contributed by atoms with Gasteiger partial charge in [-0.3, -0.25) is 14.4 Å². The summed E-state index contributed by atoms with van der Waals surface area (Å²) >= 11 is 0. The fourth-order valence-corrected chi connectivity index (χ4v) is 1.63. The monoisotopic (exact) mass is 331 g/mol. The largest absolute Gasteiger partial charge is 0.465 e. The van der Waals surface area contributed by atoms with E-state index in [0.29, 0.717) is 0 Å². The molecule has 0 saturated heterocycles. The Labute approximate surface area is 137 Å². The SMILES string of the molecule is CCOC(=O)C(N)CC(C(=O)OC(C)(C)C)C(=O)OC(C)(C)C. The zero-order valence-corrected chi connectivity index (χ0v) is 15.1. The maximum Gasteiger partial charge on any atom is 0.322 e. The van der Waals surface area contributed by atoms with Crippen molar-refractivity contribution >= 4 is 17.9 Å². The van der Waals surface area contributed by atoms with Gasteiger partial charge in [-0.15, -0.1) is 0 Å². The highest BCUT2D eigenvalue weighted by Gasteiger charge is 2.37. The molecular weight excluding hydrogens is 302 g/mol. The van der Waals surface area contributed by atoms with Crippen molar-refractivity contribution in [1.82, 2.24) is 0 Å². The van der Waals surface area contributed by atoms with Gasteiger partial charge in [-0.1, -0.05) is 0 Å². The molecule has 1 atom stereocenters. The van der Waals surface area contributed by atoms with Crippen molar-refractivity contribution in [2.75, 3.05) is 6.61 Å². The van der Waals surface area contributed by atoms with Gasteiger partial charge >= 0.3 is 17.9 Å². The summed E-state index contributed by atoms with van der Waals surface area (Å²) in [7, 11) is 0. The van der Waals surface area contributed by atoms with Gasteiger partial charge in [0, 0.05) is 0 Å². The van der Waals surface area contributed by atoms with Crippen molar-refractivity contribution < 1.29 is 28.6 Å². The highest BCUT2D eigenvalue weighted by molar-refractivity contribution is 5.96. The molecule has 0 aromatic rings. The number of nitrogens with two attached hydrogens (primary N) is 1. The summed E-state index contributed by atoms with van der Waals surface area (Å²) in [6.45, 7) is 11.9. The second-order valence-corrected chi connectivity index (χ2v) is 7.21. The Morgan fingerprint density at radius 1 is 0.870 bits per heavy atom. The molecule has 134 valence electrons. The van der Waals surface area contributed by atoms with Crippen molar-refractivity contribution in [3.05, 3.63) is 0 Å². The lowest BCUT2D eigenvalue weighted by Crippen LogP contribution is -2.42. The van der Waals surface area contributed by atoms with Crippen LogP contribution >= 0.6 is 0 Å². The summed E-state index contributed by atoms with van der Waals surface area (Å²) < 4.78 is 15.3. The molecule has 0 spiro atoms. The molecule has 0 rings (SSSR count). The molecule has 0 aliphatic heterocycles. The highest BCUT2D eigenvalue weighted by atomic mass is 16.6. The first-order valence-electron chi connectivity index (χ1n) is 7.64. The predicted molar refractivity (Wildman–Crippen MR) is 84.4 cm³/mol. The van der Waals surface area contributed by atoms with Crippen LogP contribution < -0.4 is 5.73 Å². The maximum absolute atomic E-state index is 12.3. The van der Waals surface area contributed by atoms with E-state index in [-0.39, 0.29) is 13.0 Å². The van der Waals surface area contributed by atoms with Gasteiger partial charge in [0.05, 0.1) is 6.61 Å². The third kappa shape index (κ3) is 9.18. The van der Waals surface area contributed by atoms with Crippen LogP contribution in [-0.2, 0) is 28.6 Å². The van der Waals surface area contributed by atoms with E-state index >= 15 is 0 Å². The first kappa shape index (κ1) is 21.4. The van der Waals surface area contributed by atoms with Crippen molar-refractivity contribution in [1.29, 1.82) is 0 Å². The summed E-state index contributed by atoms with van der Waals surface area (Å²) in [4.78, 5) is 36.2. The van der Waals surface area contributed by atoms with Crippen LogP contribution in [0, 0.1) is 5.92 Å². The molecule has 0 amide bonds. The average molecular weight is 331 g/mol. The lowest BCUT2D eigenvalue weighted by atomic mass is 9.99. The molecule has 7 nitrogen and oxygen atoms in total. The van der Waals surface area contributed by atoms with E-state index in [4.69, 9.17) is 19.9 Å². The van der Waals surface area contributed by atoms with Crippen molar-refractivity contribution in [2.45, 2.75) is 72.1 Å². The molecule has 0 aliphatic carbocycles. The van der Waals surface area contributed by atoms with Crippen LogP contribution in [0.3, 0.4) is 0 Å². The molecule has 0 aromatic heterocycles. The second kappa shape index (κ2) is 8.29. The van der Waals surface area contributed by atoms with Crippen LogP contribution in [0.4, 0.5) is 0 Å². The minimum absolute atomic E-state index is 0.163. The van der Waals surface area contributed by atoms with Gasteiger partial charge in [0.2, 0.25) is 0 Å². The number of carbonyl (C=O) groups is 3. The molecular formula is C16H29NO6. The number of ether oxygens (including phenoxy) is 3. The summed E-state index contributed by atoms with van der Waals surface area (Å²) in [5.74, 6) is -3.50. The third-order valence-corrected chi connectivity index (χ3v) is 2.46. The van der Waals surface area contributed by atoms with Gasteiger partial charge in [0.25, 0.3) is 0 Å². The zero-order valence-electron chi connectivity index (χ0n) is 15.1. The van der Waals surface area contributed by atoms with E-state index in [9.17, 15) is 14.4 Å². The normalized spacial score (nSPS) is 13.4. The van der Waals surface area contributed by atoms with E-state index < -0.39 is 41.1 Å². The number of hydrogen-bond acceptors (Lipinski definition) is 7. The lowest BCUT2D eigenvalue weighted by Gasteiger charge is -2.27. The molecule has 0 radical (unpaired) electrons. The van der Waals surface area contributed by atoms with E-state index in [1.54, 1.807) is 48.5 Å². The smallest absolute Gasteiger partial charge is 0.322 e. The Kier molecular flexibility index (Phi) is 7.70. The van der Waals surface area contributed by atoms with Gasteiger partial charge in [0.1, 0.15) is 17.2 Å². The topological polar surface area (TPSA) is 105 Å². The minimum Gasteiger partial charge on any atom is -0.465 e. The van der Waals surface area contributed by atoms with Gasteiger partial charge in [-0.05, 0) is 54.9 Å². The minimum atomic E-state index is -1.28. The van der Waals surface area contributed by atoms with Crippen LogP contribution in [0.2, 0.25) is 0 Å². The Bertz CT molecular complexity index is 405. The molecule has 0 heterocycles. The van der Waals surface area contributed by atoms with Crippen LogP contribution in [0.15, 0.2) is 0 Å². The third-order valence-electron chi connectivity index (χ3n) is 2.46. The fraction of sp³-hybridized carbons (Fsp3) is 0.812. The Hall–Kier alpha value is -1.63. The first-order valence-corrected chi connectivity index (χ1v) is 7.64. The van der Waals surface area contributed by atoms with Crippen LogP contribution in [-0.4, -0.2) is 41.8 Å². The first-order chi connectivity index (χ1) is 10.3. The molecule has 0 aromatic carbocycles.